The fourth-order valence-electron chi connectivity index (χ4n) is 9.17. The molecule has 0 aliphatic heterocycles. The average Bonchev–Trinajstić information content (AvgIpc) is 3.19. The van der Waals surface area contributed by atoms with Gasteiger partial charge in [-0.1, -0.05) is 137 Å². The Balaban J connectivity index is 1.49. The van der Waals surface area contributed by atoms with Gasteiger partial charge in [0.05, 0.1) is 34.1 Å². The van der Waals surface area contributed by atoms with Gasteiger partial charge in [0.2, 0.25) is 0 Å². The number of anilines is 6. The van der Waals surface area contributed by atoms with Crippen LogP contribution in [-0.2, 0) is 25.7 Å². The van der Waals surface area contributed by atoms with Crippen molar-refractivity contribution in [2.24, 2.45) is 0 Å². The lowest BCUT2D eigenvalue weighted by Crippen LogP contribution is -2.17. The summed E-state index contributed by atoms with van der Waals surface area (Å²) in [5, 5.41) is 7.75. The number of benzene rings is 8. The molecule has 0 saturated heterocycles. The minimum atomic E-state index is 0.961. The molecule has 8 rings (SSSR count). The predicted octanol–water partition coefficient (Wildman–Crippen LogP) is 15.0. The third kappa shape index (κ3) is 5.62. The van der Waals surface area contributed by atoms with E-state index in [1.807, 2.05) is 0 Å². The van der Waals surface area contributed by atoms with Crippen LogP contribution in [0.3, 0.4) is 0 Å². The summed E-state index contributed by atoms with van der Waals surface area (Å²) >= 11 is 0. The lowest BCUT2D eigenvalue weighted by Gasteiger charge is -2.34. The summed E-state index contributed by atoms with van der Waals surface area (Å²) in [4.78, 5) is 5.20. The molecule has 0 amide bonds. The highest BCUT2D eigenvalue weighted by Gasteiger charge is 2.27. The van der Waals surface area contributed by atoms with Gasteiger partial charge in [0, 0.05) is 10.8 Å². The Kier molecular flexibility index (Phi) is 9.40. The highest BCUT2D eigenvalue weighted by Crippen LogP contribution is 2.51. The molecular weight excluding hydrogens is 653 g/mol. The van der Waals surface area contributed by atoms with Crippen molar-refractivity contribution in [1.82, 2.24) is 0 Å². The minimum absolute atomic E-state index is 0.961. The van der Waals surface area contributed by atoms with Crippen molar-refractivity contribution >= 4 is 66.4 Å². The molecule has 0 bridgehead atoms. The van der Waals surface area contributed by atoms with Crippen LogP contribution in [0.4, 0.5) is 34.1 Å². The van der Waals surface area contributed by atoms with E-state index in [2.05, 4.69) is 187 Å². The van der Waals surface area contributed by atoms with E-state index < -0.39 is 0 Å². The molecule has 270 valence electrons. The zero-order chi connectivity index (χ0) is 37.7. The first kappa shape index (κ1) is 35.4. The molecule has 0 radical (unpaired) electrons. The normalized spacial score (nSPS) is 11.6. The lowest BCUT2D eigenvalue weighted by molar-refractivity contribution is 1.07. The third-order valence-electron chi connectivity index (χ3n) is 11.8. The average molecular weight is 705 g/mol. The molecular formula is C52H52N2. The van der Waals surface area contributed by atoms with Gasteiger partial charge in [-0.15, -0.1) is 0 Å². The quantitative estimate of drug-likeness (QED) is 0.131. The predicted molar refractivity (Wildman–Crippen MR) is 236 cm³/mol. The van der Waals surface area contributed by atoms with E-state index in [9.17, 15) is 0 Å². The number of rotatable bonds is 10. The summed E-state index contributed by atoms with van der Waals surface area (Å²) in [6, 6.07) is 46.1. The summed E-state index contributed by atoms with van der Waals surface area (Å²) in [6.07, 6.45) is 3.85. The maximum absolute atomic E-state index is 2.60. The van der Waals surface area contributed by atoms with Crippen LogP contribution in [0, 0.1) is 27.7 Å². The maximum atomic E-state index is 2.60. The number of aryl methyl sites for hydroxylation is 8. The van der Waals surface area contributed by atoms with Gasteiger partial charge in [0.1, 0.15) is 0 Å². The van der Waals surface area contributed by atoms with Crippen LogP contribution in [0.15, 0.2) is 121 Å². The summed E-state index contributed by atoms with van der Waals surface area (Å²) in [6.45, 7) is 18.2. The molecule has 0 N–H and O–H groups in total. The Labute approximate surface area is 322 Å². The van der Waals surface area contributed by atoms with Crippen molar-refractivity contribution in [2.75, 3.05) is 9.80 Å². The minimum Gasteiger partial charge on any atom is -0.309 e. The van der Waals surface area contributed by atoms with E-state index >= 15 is 0 Å². The highest BCUT2D eigenvalue weighted by atomic mass is 15.2. The van der Waals surface area contributed by atoms with Crippen molar-refractivity contribution in [3.05, 3.63) is 166 Å². The zero-order valence-corrected chi connectivity index (χ0v) is 33.3. The summed E-state index contributed by atoms with van der Waals surface area (Å²) in [7, 11) is 0. The number of hydrogen-bond acceptors (Lipinski definition) is 2. The lowest BCUT2D eigenvalue weighted by atomic mass is 9.90. The van der Waals surface area contributed by atoms with Crippen molar-refractivity contribution < 1.29 is 0 Å². The molecule has 0 aliphatic carbocycles. The topological polar surface area (TPSA) is 6.48 Å². The molecule has 2 nitrogen and oxygen atoms in total. The van der Waals surface area contributed by atoms with Crippen molar-refractivity contribution in [3.8, 4) is 0 Å². The smallest absolute Gasteiger partial charge is 0.0541 e. The molecule has 0 spiro atoms. The second-order valence-electron chi connectivity index (χ2n) is 15.0. The second-order valence-corrected chi connectivity index (χ2v) is 15.0. The van der Waals surface area contributed by atoms with Gasteiger partial charge in [0.15, 0.2) is 0 Å². The third-order valence-corrected chi connectivity index (χ3v) is 11.8. The Morgan fingerprint density at radius 2 is 0.611 bits per heavy atom. The van der Waals surface area contributed by atoms with Crippen LogP contribution < -0.4 is 9.80 Å². The van der Waals surface area contributed by atoms with E-state index in [0.29, 0.717) is 0 Å². The first-order valence-electron chi connectivity index (χ1n) is 20.0. The second kappa shape index (κ2) is 14.3. The van der Waals surface area contributed by atoms with Crippen LogP contribution in [-0.4, -0.2) is 0 Å². The number of para-hydroxylation sites is 4. The molecule has 8 aromatic rings. The SMILES string of the molecule is CCc1cccc(C)c1N(c1c(C)cccc1CC)c1ccc2ccc3c(N(c4c(C)cccc4CC)c4c(C)cccc4CC)ccc4ccc1c2c43. The standard InChI is InChI=1S/C52H52N2/c1-9-37-21-13-17-33(5)49(37)53(50-34(6)18-14-22-38(50)10-2)45-31-27-41-26-30-44-46(32-28-42-25-29-43(45)47(41)48(42)44)54(51-35(7)19-15-23-39(51)11-3)52-36(8)20-16-24-40(52)12-4/h13-32H,9-12H2,1-8H3. The van der Waals surface area contributed by atoms with Crippen molar-refractivity contribution in [3.63, 3.8) is 0 Å². The van der Waals surface area contributed by atoms with E-state index in [0.717, 1.165) is 25.7 Å². The van der Waals surface area contributed by atoms with Gasteiger partial charge in [-0.05, 0) is 132 Å². The van der Waals surface area contributed by atoms with E-state index in [1.165, 1.54) is 111 Å². The largest absolute Gasteiger partial charge is 0.309 e. The van der Waals surface area contributed by atoms with Gasteiger partial charge in [-0.2, -0.15) is 0 Å². The first-order chi connectivity index (χ1) is 26.3. The maximum Gasteiger partial charge on any atom is 0.0541 e. The first-order valence-corrected chi connectivity index (χ1v) is 20.0. The van der Waals surface area contributed by atoms with E-state index in [4.69, 9.17) is 0 Å². The monoisotopic (exact) mass is 704 g/mol. The van der Waals surface area contributed by atoms with Crippen LogP contribution in [0.5, 0.6) is 0 Å². The molecule has 0 atom stereocenters. The zero-order valence-electron chi connectivity index (χ0n) is 33.3. The fraction of sp³-hybridized carbons (Fsp3) is 0.231. The molecule has 0 aliphatic rings. The van der Waals surface area contributed by atoms with E-state index in [-0.39, 0.29) is 0 Å². The van der Waals surface area contributed by atoms with Crippen molar-refractivity contribution in [2.45, 2.75) is 81.1 Å². The molecule has 0 fully saturated rings. The highest BCUT2D eigenvalue weighted by molar-refractivity contribution is 6.28. The number of nitrogens with zero attached hydrogens (tertiary/aromatic N) is 2. The Hall–Kier alpha value is -5.60. The van der Waals surface area contributed by atoms with Crippen LogP contribution in [0.1, 0.15) is 72.2 Å². The van der Waals surface area contributed by atoms with E-state index in [1.54, 1.807) is 0 Å². The molecule has 0 unspecified atom stereocenters. The molecule has 2 heteroatoms. The van der Waals surface area contributed by atoms with Crippen LogP contribution in [0.25, 0.3) is 32.3 Å². The van der Waals surface area contributed by atoms with Gasteiger partial charge in [0.25, 0.3) is 0 Å². The van der Waals surface area contributed by atoms with Crippen molar-refractivity contribution in [1.29, 1.82) is 0 Å². The van der Waals surface area contributed by atoms with Crippen LogP contribution in [0.2, 0.25) is 0 Å². The molecule has 54 heavy (non-hydrogen) atoms. The molecule has 8 aromatic carbocycles. The summed E-state index contributed by atoms with van der Waals surface area (Å²) in [5.41, 5.74) is 18.2. The molecule has 0 heterocycles. The van der Waals surface area contributed by atoms with Gasteiger partial charge >= 0.3 is 0 Å². The van der Waals surface area contributed by atoms with Gasteiger partial charge < -0.3 is 9.80 Å². The number of hydrogen-bond donors (Lipinski definition) is 0. The Morgan fingerprint density at radius 1 is 0.333 bits per heavy atom. The summed E-state index contributed by atoms with van der Waals surface area (Å²) < 4.78 is 0. The molecule has 0 aromatic heterocycles. The van der Waals surface area contributed by atoms with Crippen LogP contribution >= 0.6 is 0 Å². The fourth-order valence-corrected chi connectivity index (χ4v) is 9.17. The Morgan fingerprint density at radius 3 is 0.889 bits per heavy atom. The molecule has 0 saturated carbocycles. The van der Waals surface area contributed by atoms with Gasteiger partial charge in [-0.25, -0.2) is 0 Å². The summed E-state index contributed by atoms with van der Waals surface area (Å²) in [5.74, 6) is 0. The Bertz CT molecular complexity index is 2370. The van der Waals surface area contributed by atoms with Gasteiger partial charge in [-0.3, -0.25) is 0 Å².